The molecule has 108 valence electrons. The summed E-state index contributed by atoms with van der Waals surface area (Å²) in [7, 11) is 0. The van der Waals surface area contributed by atoms with Crippen molar-refractivity contribution in [3.05, 3.63) is 64.2 Å². The third-order valence-electron chi connectivity index (χ3n) is 3.71. The van der Waals surface area contributed by atoms with Gasteiger partial charge in [-0.2, -0.15) is 0 Å². The zero-order valence-corrected chi connectivity index (χ0v) is 12.7. The van der Waals surface area contributed by atoms with Gasteiger partial charge < -0.3 is 10.2 Å². The highest BCUT2D eigenvalue weighted by Gasteiger charge is 2.25. The van der Waals surface area contributed by atoms with Crippen LogP contribution in [0.4, 0.5) is 5.69 Å². The number of fused-ring (bicyclic) bond motifs is 1. The highest BCUT2D eigenvalue weighted by atomic mass is 35.5. The number of nitrogens with one attached hydrogen (secondary N) is 1. The van der Waals surface area contributed by atoms with Crippen LogP contribution in [0.3, 0.4) is 0 Å². The smallest absolute Gasteiger partial charge is 0.256 e. The van der Waals surface area contributed by atoms with E-state index in [1.807, 2.05) is 30.0 Å². The summed E-state index contributed by atoms with van der Waals surface area (Å²) in [6, 6.07) is 13.6. The average molecular weight is 301 g/mol. The molecule has 0 aromatic heterocycles. The minimum atomic E-state index is 0.0182. The Morgan fingerprint density at radius 1 is 1.19 bits per heavy atom. The highest BCUT2D eigenvalue weighted by molar-refractivity contribution is 6.31. The van der Waals surface area contributed by atoms with Gasteiger partial charge in [0.05, 0.1) is 5.56 Å². The van der Waals surface area contributed by atoms with Crippen LogP contribution in [0.2, 0.25) is 5.02 Å². The van der Waals surface area contributed by atoms with Gasteiger partial charge in [0.1, 0.15) is 0 Å². The molecule has 1 heterocycles. The topological polar surface area (TPSA) is 32.3 Å². The van der Waals surface area contributed by atoms with Gasteiger partial charge in [-0.05, 0) is 36.2 Å². The Labute approximate surface area is 129 Å². The molecule has 1 aliphatic rings. The lowest BCUT2D eigenvalue weighted by Gasteiger charge is -2.18. The van der Waals surface area contributed by atoms with Crippen LogP contribution in [0.5, 0.6) is 0 Å². The number of hydrogen-bond donors (Lipinski definition) is 1. The number of amides is 1. The summed E-state index contributed by atoms with van der Waals surface area (Å²) in [5, 5.41) is 3.80. The van der Waals surface area contributed by atoms with E-state index < -0.39 is 0 Å². The normalized spacial score (nSPS) is 13.1. The van der Waals surface area contributed by atoms with Crippen molar-refractivity contribution in [1.82, 2.24) is 4.90 Å². The fourth-order valence-electron chi connectivity index (χ4n) is 2.69. The first-order valence-corrected chi connectivity index (χ1v) is 7.46. The summed E-state index contributed by atoms with van der Waals surface area (Å²) in [6.45, 7) is 4.09. The number of carbonyl (C=O) groups is 1. The predicted octanol–water partition coefficient (Wildman–Crippen LogP) is 3.93. The van der Waals surface area contributed by atoms with Crippen molar-refractivity contribution in [2.75, 3.05) is 11.9 Å². The molecule has 0 spiro atoms. The van der Waals surface area contributed by atoms with Crippen LogP contribution in [0.15, 0.2) is 42.5 Å². The van der Waals surface area contributed by atoms with Gasteiger partial charge >= 0.3 is 0 Å². The number of halogens is 1. The van der Waals surface area contributed by atoms with Crippen molar-refractivity contribution in [1.29, 1.82) is 0 Å². The Balaban J connectivity index is 1.88. The molecule has 1 N–H and O–H groups in total. The molecule has 1 amide bonds. The van der Waals surface area contributed by atoms with Crippen LogP contribution >= 0.6 is 11.6 Å². The van der Waals surface area contributed by atoms with E-state index in [0.29, 0.717) is 23.7 Å². The molecule has 0 bridgehead atoms. The number of carbonyl (C=O) groups excluding carboxylic acids is 1. The van der Waals surface area contributed by atoms with Crippen molar-refractivity contribution < 1.29 is 4.79 Å². The predicted molar refractivity (Wildman–Crippen MR) is 85.6 cm³/mol. The summed E-state index contributed by atoms with van der Waals surface area (Å²) in [5.74, 6) is 0.0182. The van der Waals surface area contributed by atoms with Crippen molar-refractivity contribution in [2.45, 2.75) is 20.0 Å². The molecule has 0 aliphatic carbocycles. The maximum Gasteiger partial charge on any atom is 0.256 e. The second-order valence-corrected chi connectivity index (χ2v) is 5.59. The van der Waals surface area contributed by atoms with Crippen LogP contribution in [0.25, 0.3) is 0 Å². The van der Waals surface area contributed by atoms with E-state index in [4.69, 9.17) is 11.6 Å². The Bertz CT molecular complexity index is 659. The second-order valence-electron chi connectivity index (χ2n) is 5.15. The fourth-order valence-corrected chi connectivity index (χ4v) is 2.86. The van der Waals surface area contributed by atoms with Gasteiger partial charge in [-0.25, -0.2) is 0 Å². The van der Waals surface area contributed by atoms with Gasteiger partial charge in [0.25, 0.3) is 5.91 Å². The van der Waals surface area contributed by atoms with Gasteiger partial charge in [-0.3, -0.25) is 4.79 Å². The van der Waals surface area contributed by atoms with Crippen LogP contribution in [0.1, 0.15) is 28.4 Å². The summed E-state index contributed by atoms with van der Waals surface area (Å²) in [6.07, 6.45) is 0. The molecule has 1 aliphatic heterocycles. The highest BCUT2D eigenvalue weighted by Crippen LogP contribution is 2.27. The zero-order chi connectivity index (χ0) is 14.8. The summed E-state index contributed by atoms with van der Waals surface area (Å²) < 4.78 is 0. The molecule has 0 saturated heterocycles. The van der Waals surface area contributed by atoms with E-state index in [1.54, 1.807) is 12.1 Å². The molecule has 0 saturated carbocycles. The maximum absolute atomic E-state index is 12.8. The Morgan fingerprint density at radius 2 is 1.86 bits per heavy atom. The average Bonchev–Trinajstić information content (AvgIpc) is 2.92. The summed E-state index contributed by atoms with van der Waals surface area (Å²) in [4.78, 5) is 14.6. The number of hydrogen-bond acceptors (Lipinski definition) is 2. The molecular formula is C17H17ClN2O. The Morgan fingerprint density at radius 3 is 2.48 bits per heavy atom. The second kappa shape index (κ2) is 5.78. The summed E-state index contributed by atoms with van der Waals surface area (Å²) >= 11 is 6.06. The van der Waals surface area contributed by atoms with Crippen LogP contribution in [-0.4, -0.2) is 17.4 Å². The SMILES string of the molecule is CCNc1ccc(Cl)cc1C(=O)N1Cc2ccccc2C1. The first-order valence-electron chi connectivity index (χ1n) is 7.08. The molecular weight excluding hydrogens is 284 g/mol. The lowest BCUT2D eigenvalue weighted by Crippen LogP contribution is -2.26. The molecule has 0 unspecified atom stereocenters. The van der Waals surface area contributed by atoms with Crippen molar-refractivity contribution in [2.24, 2.45) is 0 Å². The number of anilines is 1. The lowest BCUT2D eigenvalue weighted by atomic mass is 10.1. The quantitative estimate of drug-likeness (QED) is 0.931. The Hall–Kier alpha value is -2.00. The molecule has 3 nitrogen and oxygen atoms in total. The van der Waals surface area contributed by atoms with Gasteiger partial charge in [0.2, 0.25) is 0 Å². The van der Waals surface area contributed by atoms with E-state index in [2.05, 4.69) is 17.4 Å². The number of benzene rings is 2. The minimum absolute atomic E-state index is 0.0182. The van der Waals surface area contributed by atoms with E-state index in [-0.39, 0.29) is 5.91 Å². The molecule has 21 heavy (non-hydrogen) atoms. The van der Waals surface area contributed by atoms with Gasteiger partial charge in [0.15, 0.2) is 0 Å². The summed E-state index contributed by atoms with van der Waals surface area (Å²) in [5.41, 5.74) is 3.91. The molecule has 2 aromatic carbocycles. The van der Waals surface area contributed by atoms with Crippen molar-refractivity contribution >= 4 is 23.2 Å². The van der Waals surface area contributed by atoms with Crippen molar-refractivity contribution in [3.8, 4) is 0 Å². The van der Waals surface area contributed by atoms with Gasteiger partial charge in [-0.1, -0.05) is 35.9 Å². The number of nitrogens with zero attached hydrogens (tertiary/aromatic N) is 1. The van der Waals surface area contributed by atoms with E-state index in [0.717, 1.165) is 12.2 Å². The molecule has 2 aromatic rings. The van der Waals surface area contributed by atoms with E-state index >= 15 is 0 Å². The molecule has 0 radical (unpaired) electrons. The van der Waals surface area contributed by atoms with E-state index in [9.17, 15) is 4.79 Å². The van der Waals surface area contributed by atoms with Crippen LogP contribution in [0, 0.1) is 0 Å². The van der Waals surface area contributed by atoms with Crippen LogP contribution < -0.4 is 5.32 Å². The fraction of sp³-hybridized carbons (Fsp3) is 0.235. The lowest BCUT2D eigenvalue weighted by molar-refractivity contribution is 0.0752. The first kappa shape index (κ1) is 14.0. The van der Waals surface area contributed by atoms with Crippen LogP contribution in [-0.2, 0) is 13.1 Å². The van der Waals surface area contributed by atoms with E-state index in [1.165, 1.54) is 11.1 Å². The monoisotopic (exact) mass is 300 g/mol. The minimum Gasteiger partial charge on any atom is -0.385 e. The van der Waals surface area contributed by atoms with Crippen molar-refractivity contribution in [3.63, 3.8) is 0 Å². The molecule has 3 rings (SSSR count). The molecule has 0 atom stereocenters. The third kappa shape index (κ3) is 2.74. The van der Waals surface area contributed by atoms with Gasteiger partial charge in [0, 0.05) is 30.3 Å². The van der Waals surface area contributed by atoms with Gasteiger partial charge in [-0.15, -0.1) is 0 Å². The number of rotatable bonds is 3. The maximum atomic E-state index is 12.8. The molecule has 4 heteroatoms. The third-order valence-corrected chi connectivity index (χ3v) is 3.94. The standard InChI is InChI=1S/C17H17ClN2O/c1-2-19-16-8-7-14(18)9-15(16)17(21)20-10-12-5-3-4-6-13(12)11-20/h3-9,19H,2,10-11H2,1H3. The Kier molecular flexibility index (Phi) is 3.84. The zero-order valence-electron chi connectivity index (χ0n) is 11.9. The first-order chi connectivity index (χ1) is 10.2. The molecule has 0 fully saturated rings. The largest absolute Gasteiger partial charge is 0.385 e.